The van der Waals surface area contributed by atoms with Crippen LogP contribution >= 0.6 is 0 Å². The van der Waals surface area contributed by atoms with E-state index < -0.39 is 0 Å². The molecule has 1 fully saturated rings. The Kier molecular flexibility index (Phi) is 4.90. The van der Waals surface area contributed by atoms with E-state index in [1.165, 1.54) is 25.9 Å². The summed E-state index contributed by atoms with van der Waals surface area (Å²) in [7, 11) is 2.25. The summed E-state index contributed by atoms with van der Waals surface area (Å²) in [4.78, 5) is 2.49. The SMILES string of the molecule is CCNC(C)CCN(C)CC1CC1C. The molecule has 0 radical (unpaired) electrons. The van der Waals surface area contributed by atoms with Gasteiger partial charge in [-0.05, 0) is 51.7 Å². The number of nitrogens with one attached hydrogen (secondary N) is 1. The van der Waals surface area contributed by atoms with E-state index in [1.54, 1.807) is 0 Å². The van der Waals surface area contributed by atoms with Crippen LogP contribution in [-0.4, -0.2) is 37.6 Å². The van der Waals surface area contributed by atoms with Crippen LogP contribution in [0.15, 0.2) is 0 Å². The Labute approximate surface area is 89.1 Å². The summed E-state index contributed by atoms with van der Waals surface area (Å²) >= 11 is 0. The highest BCUT2D eigenvalue weighted by Gasteiger charge is 2.32. The molecule has 1 rings (SSSR count). The van der Waals surface area contributed by atoms with Gasteiger partial charge >= 0.3 is 0 Å². The van der Waals surface area contributed by atoms with Crippen molar-refractivity contribution in [3.63, 3.8) is 0 Å². The van der Waals surface area contributed by atoms with E-state index in [4.69, 9.17) is 0 Å². The van der Waals surface area contributed by atoms with Crippen LogP contribution in [0.25, 0.3) is 0 Å². The fraction of sp³-hybridized carbons (Fsp3) is 1.00. The van der Waals surface area contributed by atoms with E-state index in [0.717, 1.165) is 18.4 Å². The zero-order chi connectivity index (χ0) is 10.6. The Morgan fingerprint density at radius 3 is 2.64 bits per heavy atom. The highest BCUT2D eigenvalue weighted by molar-refractivity contribution is 4.84. The molecule has 0 aromatic carbocycles. The largest absolute Gasteiger partial charge is 0.314 e. The molecule has 0 aromatic heterocycles. The van der Waals surface area contributed by atoms with Crippen LogP contribution in [0.2, 0.25) is 0 Å². The first-order valence-corrected chi connectivity index (χ1v) is 6.05. The van der Waals surface area contributed by atoms with Crippen LogP contribution in [0, 0.1) is 11.8 Å². The average molecular weight is 198 g/mol. The molecule has 0 amide bonds. The molecule has 0 heterocycles. The molecule has 0 aromatic rings. The third-order valence-electron chi connectivity index (χ3n) is 3.32. The number of hydrogen-bond acceptors (Lipinski definition) is 2. The van der Waals surface area contributed by atoms with E-state index in [1.807, 2.05) is 0 Å². The number of rotatable bonds is 7. The van der Waals surface area contributed by atoms with Crippen LogP contribution in [0.1, 0.15) is 33.6 Å². The van der Waals surface area contributed by atoms with Crippen molar-refractivity contribution >= 4 is 0 Å². The van der Waals surface area contributed by atoms with E-state index >= 15 is 0 Å². The summed E-state index contributed by atoms with van der Waals surface area (Å²) in [5, 5.41) is 3.45. The molecular formula is C12H26N2. The minimum Gasteiger partial charge on any atom is -0.314 e. The van der Waals surface area contributed by atoms with Crippen molar-refractivity contribution < 1.29 is 0 Å². The van der Waals surface area contributed by atoms with E-state index in [2.05, 4.69) is 38.0 Å². The summed E-state index contributed by atoms with van der Waals surface area (Å²) in [6.45, 7) is 10.4. The molecule has 3 unspecified atom stereocenters. The predicted octanol–water partition coefficient (Wildman–Crippen LogP) is 1.96. The van der Waals surface area contributed by atoms with Crippen LogP contribution in [0.4, 0.5) is 0 Å². The van der Waals surface area contributed by atoms with Gasteiger partial charge in [0.1, 0.15) is 0 Å². The lowest BCUT2D eigenvalue weighted by atomic mass is 10.2. The average Bonchev–Trinajstić information content (AvgIpc) is 2.79. The van der Waals surface area contributed by atoms with Gasteiger partial charge in [-0.2, -0.15) is 0 Å². The Bertz CT molecular complexity index is 158. The third kappa shape index (κ3) is 4.43. The van der Waals surface area contributed by atoms with Crippen molar-refractivity contribution in [3.8, 4) is 0 Å². The van der Waals surface area contributed by atoms with Gasteiger partial charge in [0.2, 0.25) is 0 Å². The van der Waals surface area contributed by atoms with Gasteiger partial charge in [-0.3, -0.25) is 0 Å². The number of nitrogens with zero attached hydrogens (tertiary/aromatic N) is 1. The predicted molar refractivity (Wildman–Crippen MR) is 62.5 cm³/mol. The van der Waals surface area contributed by atoms with Crippen molar-refractivity contribution in [2.75, 3.05) is 26.7 Å². The molecule has 0 saturated heterocycles. The minimum atomic E-state index is 0.666. The van der Waals surface area contributed by atoms with Gasteiger partial charge in [0.25, 0.3) is 0 Å². The Morgan fingerprint density at radius 2 is 2.14 bits per heavy atom. The van der Waals surface area contributed by atoms with Crippen LogP contribution in [-0.2, 0) is 0 Å². The summed E-state index contributed by atoms with van der Waals surface area (Å²) in [6, 6.07) is 0.666. The second kappa shape index (κ2) is 5.72. The summed E-state index contributed by atoms with van der Waals surface area (Å²) in [5.41, 5.74) is 0. The van der Waals surface area contributed by atoms with E-state index in [0.29, 0.717) is 6.04 Å². The maximum atomic E-state index is 3.45. The second-order valence-corrected chi connectivity index (χ2v) is 4.98. The highest BCUT2D eigenvalue weighted by Crippen LogP contribution is 2.37. The maximum absolute atomic E-state index is 3.45. The molecule has 0 spiro atoms. The van der Waals surface area contributed by atoms with Crippen molar-refractivity contribution in [2.45, 2.75) is 39.7 Å². The molecule has 1 aliphatic carbocycles. The lowest BCUT2D eigenvalue weighted by Gasteiger charge is -2.19. The van der Waals surface area contributed by atoms with Gasteiger partial charge in [0.05, 0.1) is 0 Å². The summed E-state index contributed by atoms with van der Waals surface area (Å²) in [6.07, 6.45) is 2.72. The first kappa shape index (κ1) is 12.0. The fourth-order valence-electron chi connectivity index (χ4n) is 2.01. The normalized spacial score (nSPS) is 28.1. The van der Waals surface area contributed by atoms with Gasteiger partial charge < -0.3 is 10.2 Å². The molecule has 2 nitrogen and oxygen atoms in total. The van der Waals surface area contributed by atoms with Gasteiger partial charge in [-0.25, -0.2) is 0 Å². The maximum Gasteiger partial charge on any atom is 0.00507 e. The molecule has 14 heavy (non-hydrogen) atoms. The lowest BCUT2D eigenvalue weighted by Crippen LogP contribution is -2.31. The molecule has 1 N–H and O–H groups in total. The lowest BCUT2D eigenvalue weighted by molar-refractivity contribution is 0.296. The van der Waals surface area contributed by atoms with Crippen LogP contribution < -0.4 is 5.32 Å². The fourth-order valence-corrected chi connectivity index (χ4v) is 2.01. The standard InChI is InChI=1S/C12H26N2/c1-5-13-11(3)6-7-14(4)9-12-8-10(12)2/h10-13H,5-9H2,1-4H3. The van der Waals surface area contributed by atoms with Gasteiger partial charge in [-0.15, -0.1) is 0 Å². The van der Waals surface area contributed by atoms with Crippen molar-refractivity contribution in [2.24, 2.45) is 11.8 Å². The van der Waals surface area contributed by atoms with Crippen molar-refractivity contribution in [1.82, 2.24) is 10.2 Å². The van der Waals surface area contributed by atoms with Gasteiger partial charge in [0.15, 0.2) is 0 Å². The minimum absolute atomic E-state index is 0.666. The molecule has 2 heteroatoms. The zero-order valence-electron chi connectivity index (χ0n) is 10.2. The topological polar surface area (TPSA) is 15.3 Å². The summed E-state index contributed by atoms with van der Waals surface area (Å²) < 4.78 is 0. The molecule has 84 valence electrons. The van der Waals surface area contributed by atoms with Crippen molar-refractivity contribution in [1.29, 1.82) is 0 Å². The molecular weight excluding hydrogens is 172 g/mol. The third-order valence-corrected chi connectivity index (χ3v) is 3.32. The molecule has 1 aliphatic rings. The Balaban J connectivity index is 1.99. The van der Waals surface area contributed by atoms with Crippen LogP contribution in [0.5, 0.6) is 0 Å². The Morgan fingerprint density at radius 1 is 1.50 bits per heavy atom. The molecule has 0 bridgehead atoms. The zero-order valence-corrected chi connectivity index (χ0v) is 10.2. The summed E-state index contributed by atoms with van der Waals surface area (Å²) in [5.74, 6) is 1.98. The quantitative estimate of drug-likeness (QED) is 0.673. The first-order chi connectivity index (χ1) is 6.63. The smallest absolute Gasteiger partial charge is 0.00507 e. The Hall–Kier alpha value is -0.0800. The second-order valence-electron chi connectivity index (χ2n) is 4.98. The molecule has 0 aliphatic heterocycles. The van der Waals surface area contributed by atoms with E-state index in [9.17, 15) is 0 Å². The molecule has 3 atom stereocenters. The van der Waals surface area contributed by atoms with Crippen LogP contribution in [0.3, 0.4) is 0 Å². The number of hydrogen-bond donors (Lipinski definition) is 1. The van der Waals surface area contributed by atoms with Gasteiger partial charge in [-0.1, -0.05) is 13.8 Å². The first-order valence-electron chi connectivity index (χ1n) is 6.05. The van der Waals surface area contributed by atoms with E-state index in [-0.39, 0.29) is 0 Å². The monoisotopic (exact) mass is 198 g/mol. The van der Waals surface area contributed by atoms with Gasteiger partial charge in [0, 0.05) is 12.6 Å². The molecule has 1 saturated carbocycles. The highest BCUT2D eigenvalue weighted by atomic mass is 15.1. The van der Waals surface area contributed by atoms with Crippen molar-refractivity contribution in [3.05, 3.63) is 0 Å².